The van der Waals surface area contributed by atoms with Crippen LogP contribution in [-0.4, -0.2) is 42.9 Å². The third-order valence-corrected chi connectivity index (χ3v) is 4.64. The Morgan fingerprint density at radius 2 is 1.74 bits per heavy atom. The molecule has 27 heavy (non-hydrogen) atoms. The van der Waals surface area contributed by atoms with Crippen LogP contribution in [0.4, 0.5) is 5.82 Å². The van der Waals surface area contributed by atoms with E-state index < -0.39 is 0 Å². The molecule has 1 aliphatic heterocycles. The number of ether oxygens (including phenoxy) is 2. The Kier molecular flexibility index (Phi) is 5.21. The molecule has 4 rings (SSSR count). The maximum atomic E-state index is 5.77. The first-order valence-corrected chi connectivity index (χ1v) is 9.52. The molecule has 0 atom stereocenters. The summed E-state index contributed by atoms with van der Waals surface area (Å²) in [6.45, 7) is 8.23. The minimum atomic E-state index is 0.518. The fourth-order valence-electron chi connectivity index (χ4n) is 3.13. The Hall–Kier alpha value is -2.66. The van der Waals surface area contributed by atoms with E-state index >= 15 is 0 Å². The molecule has 1 aliphatic rings. The molecule has 140 valence electrons. The lowest BCUT2D eigenvalue weighted by molar-refractivity contribution is 0.122. The van der Waals surface area contributed by atoms with Gasteiger partial charge in [0.2, 0.25) is 0 Å². The summed E-state index contributed by atoms with van der Waals surface area (Å²) in [6, 6.07) is 14.5. The summed E-state index contributed by atoms with van der Waals surface area (Å²) in [4.78, 5) is 11.6. The van der Waals surface area contributed by atoms with Gasteiger partial charge in [0.25, 0.3) is 0 Å². The van der Waals surface area contributed by atoms with Crippen LogP contribution < -0.4 is 9.64 Å². The van der Waals surface area contributed by atoms with Crippen LogP contribution in [0.2, 0.25) is 0 Å². The maximum absolute atomic E-state index is 5.77. The average Bonchev–Trinajstić information content (AvgIpc) is 2.72. The molecular weight excluding hydrogens is 338 g/mol. The number of aromatic nitrogens is 2. The molecule has 0 N–H and O–H groups in total. The molecule has 2 heterocycles. The van der Waals surface area contributed by atoms with Gasteiger partial charge in [0, 0.05) is 13.1 Å². The quantitative estimate of drug-likeness (QED) is 0.681. The van der Waals surface area contributed by atoms with Crippen LogP contribution >= 0.6 is 0 Å². The van der Waals surface area contributed by atoms with Crippen LogP contribution in [0.5, 0.6) is 5.75 Å². The largest absolute Gasteiger partial charge is 0.493 e. The number of anilines is 1. The van der Waals surface area contributed by atoms with E-state index in [1.54, 1.807) is 0 Å². The highest BCUT2D eigenvalue weighted by atomic mass is 16.5. The van der Waals surface area contributed by atoms with Gasteiger partial charge in [-0.05, 0) is 41.3 Å². The summed E-state index contributed by atoms with van der Waals surface area (Å²) >= 11 is 0. The van der Waals surface area contributed by atoms with Crippen molar-refractivity contribution in [1.29, 1.82) is 0 Å². The van der Waals surface area contributed by atoms with Crippen molar-refractivity contribution in [3.63, 3.8) is 0 Å². The van der Waals surface area contributed by atoms with Crippen molar-refractivity contribution >= 4 is 16.9 Å². The lowest BCUT2D eigenvalue weighted by atomic mass is 10.0. The van der Waals surface area contributed by atoms with E-state index in [4.69, 9.17) is 14.5 Å². The van der Waals surface area contributed by atoms with Crippen LogP contribution in [-0.2, 0) is 4.74 Å². The van der Waals surface area contributed by atoms with Crippen LogP contribution in [0.1, 0.15) is 13.8 Å². The van der Waals surface area contributed by atoms with Gasteiger partial charge in [-0.3, -0.25) is 4.98 Å². The van der Waals surface area contributed by atoms with Crippen LogP contribution in [0.3, 0.4) is 0 Å². The second-order valence-corrected chi connectivity index (χ2v) is 7.26. The van der Waals surface area contributed by atoms with Crippen LogP contribution in [0.15, 0.2) is 48.7 Å². The van der Waals surface area contributed by atoms with Crippen molar-refractivity contribution in [3.8, 4) is 16.9 Å². The first-order chi connectivity index (χ1) is 13.2. The summed E-state index contributed by atoms with van der Waals surface area (Å²) in [5, 5.41) is 0. The molecule has 2 aromatic carbocycles. The van der Waals surface area contributed by atoms with Crippen molar-refractivity contribution in [1.82, 2.24) is 9.97 Å². The van der Waals surface area contributed by atoms with Gasteiger partial charge < -0.3 is 14.4 Å². The zero-order chi connectivity index (χ0) is 18.6. The zero-order valence-corrected chi connectivity index (χ0v) is 15.9. The van der Waals surface area contributed by atoms with E-state index in [-0.39, 0.29) is 0 Å². The van der Waals surface area contributed by atoms with Gasteiger partial charge in [0.05, 0.1) is 37.1 Å². The molecule has 1 fully saturated rings. The van der Waals surface area contributed by atoms with Crippen LogP contribution in [0.25, 0.3) is 22.2 Å². The van der Waals surface area contributed by atoms with Gasteiger partial charge >= 0.3 is 0 Å². The molecule has 5 nitrogen and oxygen atoms in total. The second-order valence-electron chi connectivity index (χ2n) is 7.26. The second kappa shape index (κ2) is 7.92. The monoisotopic (exact) mass is 363 g/mol. The highest BCUT2D eigenvalue weighted by Crippen LogP contribution is 2.26. The molecule has 0 spiro atoms. The number of morpholine rings is 1. The number of rotatable bonds is 5. The Labute approximate surface area is 160 Å². The normalized spacial score (nSPS) is 14.7. The topological polar surface area (TPSA) is 47.5 Å². The molecule has 1 aromatic heterocycles. The smallest absolute Gasteiger partial charge is 0.148 e. The average molecular weight is 363 g/mol. The third kappa shape index (κ3) is 4.19. The molecule has 0 saturated carbocycles. The van der Waals surface area contributed by atoms with Gasteiger partial charge in [0.15, 0.2) is 0 Å². The number of benzene rings is 2. The van der Waals surface area contributed by atoms with Crippen molar-refractivity contribution in [2.45, 2.75) is 13.8 Å². The summed E-state index contributed by atoms with van der Waals surface area (Å²) < 4.78 is 11.2. The van der Waals surface area contributed by atoms with Gasteiger partial charge in [-0.15, -0.1) is 0 Å². The van der Waals surface area contributed by atoms with E-state index in [2.05, 4.69) is 48.0 Å². The lowest BCUT2D eigenvalue weighted by Crippen LogP contribution is -2.36. The van der Waals surface area contributed by atoms with Crippen molar-refractivity contribution in [3.05, 3.63) is 48.7 Å². The zero-order valence-electron chi connectivity index (χ0n) is 15.9. The minimum absolute atomic E-state index is 0.518. The first-order valence-electron chi connectivity index (χ1n) is 9.52. The van der Waals surface area contributed by atoms with Gasteiger partial charge in [0.1, 0.15) is 11.6 Å². The first kappa shape index (κ1) is 17.7. The maximum Gasteiger partial charge on any atom is 0.148 e. The summed E-state index contributed by atoms with van der Waals surface area (Å²) in [5.74, 6) is 2.34. The molecule has 0 bridgehead atoms. The molecule has 3 aromatic rings. The molecule has 0 amide bonds. The Morgan fingerprint density at radius 1 is 1.00 bits per heavy atom. The van der Waals surface area contributed by atoms with Gasteiger partial charge in [-0.25, -0.2) is 4.98 Å². The molecule has 0 radical (unpaired) electrons. The van der Waals surface area contributed by atoms with E-state index in [1.807, 2.05) is 24.4 Å². The SMILES string of the molecule is CC(C)COc1ccc(-c2ccc3ncc(N4CCOCC4)nc3c2)cc1. The predicted octanol–water partition coefficient (Wildman–Crippen LogP) is 4.17. The minimum Gasteiger partial charge on any atom is -0.493 e. The molecular formula is C22H25N3O2. The van der Waals surface area contributed by atoms with Gasteiger partial charge in [-0.2, -0.15) is 0 Å². The third-order valence-electron chi connectivity index (χ3n) is 4.64. The molecule has 5 heteroatoms. The Balaban J connectivity index is 1.58. The van der Waals surface area contributed by atoms with E-state index in [0.717, 1.165) is 66.6 Å². The molecule has 0 unspecified atom stereocenters. The van der Waals surface area contributed by atoms with Gasteiger partial charge in [-0.1, -0.05) is 32.0 Å². The Morgan fingerprint density at radius 3 is 2.48 bits per heavy atom. The summed E-state index contributed by atoms with van der Waals surface area (Å²) in [7, 11) is 0. The number of hydrogen-bond donors (Lipinski definition) is 0. The molecule has 0 aliphatic carbocycles. The van der Waals surface area contributed by atoms with E-state index in [1.165, 1.54) is 0 Å². The lowest BCUT2D eigenvalue weighted by Gasteiger charge is -2.27. The van der Waals surface area contributed by atoms with Crippen LogP contribution in [0, 0.1) is 5.92 Å². The Bertz CT molecular complexity index is 903. The number of fused-ring (bicyclic) bond motifs is 1. The summed E-state index contributed by atoms with van der Waals surface area (Å²) in [5.41, 5.74) is 4.10. The van der Waals surface area contributed by atoms with Crippen molar-refractivity contribution in [2.75, 3.05) is 37.8 Å². The molecule has 1 saturated heterocycles. The number of nitrogens with zero attached hydrogens (tertiary/aromatic N) is 3. The fourth-order valence-corrected chi connectivity index (χ4v) is 3.13. The summed E-state index contributed by atoms with van der Waals surface area (Å²) in [6.07, 6.45) is 1.86. The standard InChI is InChI=1S/C22H25N3O2/c1-16(2)15-27-19-6-3-17(4-7-19)18-5-8-20-21(13-18)24-22(14-23-20)25-9-11-26-12-10-25/h3-8,13-14,16H,9-12,15H2,1-2H3. The highest BCUT2D eigenvalue weighted by Gasteiger charge is 2.13. The fraction of sp³-hybridized carbons (Fsp3) is 0.364. The van der Waals surface area contributed by atoms with Crippen molar-refractivity contribution in [2.24, 2.45) is 5.92 Å². The predicted molar refractivity (Wildman–Crippen MR) is 108 cm³/mol. The van der Waals surface area contributed by atoms with E-state index in [9.17, 15) is 0 Å². The van der Waals surface area contributed by atoms with E-state index in [0.29, 0.717) is 5.92 Å². The van der Waals surface area contributed by atoms with Crippen molar-refractivity contribution < 1.29 is 9.47 Å². The number of hydrogen-bond acceptors (Lipinski definition) is 5. The highest BCUT2D eigenvalue weighted by molar-refractivity contribution is 5.82.